The minimum absolute atomic E-state index is 0.128. The molecule has 2 aromatic carbocycles. The van der Waals surface area contributed by atoms with Gasteiger partial charge >= 0.3 is 0 Å². The van der Waals surface area contributed by atoms with Gasteiger partial charge in [0.15, 0.2) is 11.6 Å². The quantitative estimate of drug-likeness (QED) is 0.924. The first-order valence-corrected chi connectivity index (χ1v) is 6.26. The van der Waals surface area contributed by atoms with Crippen LogP contribution in [0.3, 0.4) is 0 Å². The summed E-state index contributed by atoms with van der Waals surface area (Å²) in [7, 11) is 1.83. The molecule has 4 heteroatoms. The van der Waals surface area contributed by atoms with Gasteiger partial charge in [-0.3, -0.25) is 0 Å². The molecule has 0 atom stereocenters. The first-order chi connectivity index (χ1) is 9.65. The lowest BCUT2D eigenvalue weighted by molar-refractivity contribution is 0.439. The van der Waals surface area contributed by atoms with Crippen molar-refractivity contribution >= 4 is 0 Å². The van der Waals surface area contributed by atoms with Gasteiger partial charge in [-0.2, -0.15) is 5.26 Å². The predicted molar refractivity (Wildman–Crippen MR) is 75.1 cm³/mol. The number of hydrogen-bond donors (Lipinski definition) is 1. The Balaban J connectivity index is 2.34. The number of ether oxygens (including phenoxy) is 1. The van der Waals surface area contributed by atoms with Crippen molar-refractivity contribution in [2.45, 2.75) is 13.5 Å². The number of hydrogen-bond acceptors (Lipinski definition) is 3. The molecule has 0 unspecified atom stereocenters. The number of rotatable bonds is 4. The van der Waals surface area contributed by atoms with Crippen molar-refractivity contribution in [3.8, 4) is 17.6 Å². The van der Waals surface area contributed by atoms with Crippen molar-refractivity contribution in [2.75, 3.05) is 7.05 Å². The van der Waals surface area contributed by atoms with E-state index in [9.17, 15) is 4.39 Å². The summed E-state index contributed by atoms with van der Waals surface area (Å²) < 4.78 is 19.4. The highest BCUT2D eigenvalue weighted by molar-refractivity contribution is 5.48. The number of nitrogens with one attached hydrogen (secondary N) is 1. The Labute approximate surface area is 117 Å². The van der Waals surface area contributed by atoms with E-state index in [0.717, 1.165) is 5.56 Å². The lowest BCUT2D eigenvalue weighted by atomic mass is 10.1. The predicted octanol–water partition coefficient (Wildman–Crippen LogP) is 3.52. The fraction of sp³-hybridized carbons (Fsp3) is 0.188. The third-order valence-electron chi connectivity index (χ3n) is 2.92. The van der Waals surface area contributed by atoms with Crippen LogP contribution >= 0.6 is 0 Å². The molecule has 0 heterocycles. The Kier molecular flexibility index (Phi) is 4.34. The highest BCUT2D eigenvalue weighted by Crippen LogP contribution is 2.29. The van der Waals surface area contributed by atoms with Crippen LogP contribution in [-0.4, -0.2) is 7.05 Å². The van der Waals surface area contributed by atoms with Gasteiger partial charge in [-0.25, -0.2) is 4.39 Å². The van der Waals surface area contributed by atoms with Crippen LogP contribution in [0.25, 0.3) is 0 Å². The molecule has 102 valence electrons. The lowest BCUT2D eigenvalue weighted by Gasteiger charge is -2.10. The first-order valence-electron chi connectivity index (χ1n) is 6.26. The molecule has 0 aliphatic carbocycles. The van der Waals surface area contributed by atoms with Crippen molar-refractivity contribution in [1.82, 2.24) is 5.32 Å². The summed E-state index contributed by atoms with van der Waals surface area (Å²) in [6.07, 6.45) is 0. The molecule has 0 saturated carbocycles. The fourth-order valence-electron chi connectivity index (χ4n) is 1.89. The van der Waals surface area contributed by atoms with Crippen LogP contribution in [0.5, 0.6) is 11.5 Å². The van der Waals surface area contributed by atoms with Gasteiger partial charge in [0.05, 0.1) is 5.56 Å². The monoisotopic (exact) mass is 270 g/mol. The fourth-order valence-corrected chi connectivity index (χ4v) is 1.89. The van der Waals surface area contributed by atoms with Gasteiger partial charge < -0.3 is 10.1 Å². The van der Waals surface area contributed by atoms with Crippen LogP contribution in [0.1, 0.15) is 16.7 Å². The zero-order chi connectivity index (χ0) is 14.5. The van der Waals surface area contributed by atoms with Crippen LogP contribution in [0.2, 0.25) is 0 Å². The van der Waals surface area contributed by atoms with Crippen LogP contribution < -0.4 is 10.1 Å². The van der Waals surface area contributed by atoms with E-state index in [0.29, 0.717) is 23.4 Å². The molecule has 0 aliphatic heterocycles. The Bertz CT molecular complexity index is 662. The summed E-state index contributed by atoms with van der Waals surface area (Å²) >= 11 is 0. The second kappa shape index (κ2) is 6.18. The van der Waals surface area contributed by atoms with Crippen LogP contribution in [-0.2, 0) is 6.54 Å². The summed E-state index contributed by atoms with van der Waals surface area (Å²) in [5.74, 6) is 0.0791. The van der Waals surface area contributed by atoms with Gasteiger partial charge in [0.25, 0.3) is 0 Å². The summed E-state index contributed by atoms with van der Waals surface area (Å²) in [5.41, 5.74) is 1.87. The van der Waals surface area contributed by atoms with Gasteiger partial charge in [-0.05, 0) is 43.3 Å². The van der Waals surface area contributed by atoms with E-state index in [1.54, 1.807) is 37.3 Å². The molecule has 1 N–H and O–H groups in total. The molecule has 0 spiro atoms. The van der Waals surface area contributed by atoms with Crippen molar-refractivity contribution in [3.63, 3.8) is 0 Å². The maximum atomic E-state index is 13.9. The van der Waals surface area contributed by atoms with Crippen LogP contribution in [0.4, 0.5) is 4.39 Å². The molecule has 0 bridgehead atoms. The van der Waals surface area contributed by atoms with E-state index >= 15 is 0 Å². The molecular formula is C16H15FN2O. The Hall–Kier alpha value is -2.38. The molecule has 0 aromatic heterocycles. The molecule has 0 amide bonds. The van der Waals surface area contributed by atoms with E-state index in [1.807, 2.05) is 13.1 Å². The maximum absolute atomic E-state index is 13.9. The van der Waals surface area contributed by atoms with Crippen molar-refractivity contribution < 1.29 is 9.13 Å². The third kappa shape index (κ3) is 2.95. The number of aryl methyl sites for hydroxylation is 1. The largest absolute Gasteiger partial charge is 0.453 e. The molecule has 2 aromatic rings. The lowest BCUT2D eigenvalue weighted by Crippen LogP contribution is -2.05. The first kappa shape index (κ1) is 14.0. The minimum atomic E-state index is -0.407. The number of halogens is 1. The molecule has 0 aliphatic rings. The van der Waals surface area contributed by atoms with E-state index < -0.39 is 5.82 Å². The standard InChI is InChI=1S/C16H15FN2O/c1-11-4-3-5-15(16(11)17)20-14-7-6-12(10-19-2)8-13(14)9-18/h3-8,19H,10H2,1-2H3. The summed E-state index contributed by atoms with van der Waals surface area (Å²) in [6.45, 7) is 2.33. The smallest absolute Gasteiger partial charge is 0.168 e. The van der Waals surface area contributed by atoms with Crippen molar-refractivity contribution in [2.24, 2.45) is 0 Å². The van der Waals surface area contributed by atoms with Gasteiger partial charge in [-0.1, -0.05) is 18.2 Å². The average molecular weight is 270 g/mol. The van der Waals surface area contributed by atoms with E-state index in [1.165, 1.54) is 0 Å². The molecule has 20 heavy (non-hydrogen) atoms. The van der Waals surface area contributed by atoms with Crippen LogP contribution in [0, 0.1) is 24.1 Å². The maximum Gasteiger partial charge on any atom is 0.168 e. The van der Waals surface area contributed by atoms with Crippen molar-refractivity contribution in [3.05, 3.63) is 58.9 Å². The zero-order valence-corrected chi connectivity index (χ0v) is 11.4. The molecule has 3 nitrogen and oxygen atoms in total. The normalized spacial score (nSPS) is 10.1. The van der Waals surface area contributed by atoms with Gasteiger partial charge in [0.1, 0.15) is 11.8 Å². The van der Waals surface area contributed by atoms with E-state index in [4.69, 9.17) is 10.00 Å². The van der Waals surface area contributed by atoms with Gasteiger partial charge in [0, 0.05) is 6.54 Å². The Morgan fingerprint density at radius 1 is 1.25 bits per heavy atom. The van der Waals surface area contributed by atoms with Gasteiger partial charge in [-0.15, -0.1) is 0 Å². The second-order valence-electron chi connectivity index (χ2n) is 4.46. The molecule has 0 fully saturated rings. The Morgan fingerprint density at radius 3 is 2.75 bits per heavy atom. The van der Waals surface area contributed by atoms with Crippen molar-refractivity contribution in [1.29, 1.82) is 5.26 Å². The van der Waals surface area contributed by atoms with Crippen LogP contribution in [0.15, 0.2) is 36.4 Å². The topological polar surface area (TPSA) is 45.0 Å². The summed E-state index contributed by atoms with van der Waals surface area (Å²) in [4.78, 5) is 0. The zero-order valence-electron chi connectivity index (χ0n) is 11.4. The van der Waals surface area contributed by atoms with Gasteiger partial charge in [0.2, 0.25) is 0 Å². The highest BCUT2D eigenvalue weighted by atomic mass is 19.1. The highest BCUT2D eigenvalue weighted by Gasteiger charge is 2.10. The number of benzene rings is 2. The number of nitriles is 1. The molecule has 0 saturated heterocycles. The number of nitrogens with zero attached hydrogens (tertiary/aromatic N) is 1. The summed E-state index contributed by atoms with van der Waals surface area (Å²) in [6, 6.07) is 12.3. The second-order valence-corrected chi connectivity index (χ2v) is 4.46. The molecule has 2 rings (SSSR count). The average Bonchev–Trinajstić information content (AvgIpc) is 2.45. The minimum Gasteiger partial charge on any atom is -0.453 e. The third-order valence-corrected chi connectivity index (χ3v) is 2.92. The van der Waals surface area contributed by atoms with E-state index in [2.05, 4.69) is 11.4 Å². The Morgan fingerprint density at radius 2 is 2.05 bits per heavy atom. The molecular weight excluding hydrogens is 255 g/mol. The SMILES string of the molecule is CNCc1ccc(Oc2cccc(C)c2F)c(C#N)c1. The summed E-state index contributed by atoms with van der Waals surface area (Å²) in [5, 5.41) is 12.2. The van der Waals surface area contributed by atoms with E-state index in [-0.39, 0.29) is 5.75 Å². The molecule has 0 radical (unpaired) electrons.